The summed E-state index contributed by atoms with van der Waals surface area (Å²) in [5, 5.41) is 5.00. The Hall–Kier alpha value is -2.73. The van der Waals surface area contributed by atoms with E-state index in [1.807, 2.05) is 29.6 Å². The molecule has 128 valence electrons. The maximum Gasteiger partial charge on any atom is 0.264 e. The lowest BCUT2D eigenvalue weighted by molar-refractivity contribution is -0.118. The average Bonchev–Trinajstić information content (AvgIpc) is 3.09. The summed E-state index contributed by atoms with van der Waals surface area (Å²) in [7, 11) is 0. The summed E-state index contributed by atoms with van der Waals surface area (Å²) in [6, 6.07) is 13.7. The van der Waals surface area contributed by atoms with Crippen molar-refractivity contribution in [3.05, 3.63) is 65.3 Å². The fraction of sp³-hybridized carbons (Fsp3) is 0.158. The standard InChI is InChI=1S/C19H17FN2O2S/c1-2-13-3-9-16(10-4-13)24-11-18(23)22-19-21-17(12-25-19)14-5-7-15(20)8-6-14/h3-10,12H,2,11H2,1H3,(H,21,22,23). The van der Waals surface area contributed by atoms with E-state index in [2.05, 4.69) is 17.2 Å². The molecule has 1 aromatic heterocycles. The van der Waals surface area contributed by atoms with Crippen molar-refractivity contribution in [1.29, 1.82) is 0 Å². The summed E-state index contributed by atoms with van der Waals surface area (Å²) in [4.78, 5) is 16.3. The number of halogens is 1. The topological polar surface area (TPSA) is 51.2 Å². The van der Waals surface area contributed by atoms with E-state index in [4.69, 9.17) is 4.74 Å². The third-order valence-corrected chi connectivity index (χ3v) is 4.35. The molecule has 6 heteroatoms. The molecule has 1 N–H and O–H groups in total. The molecule has 3 rings (SSSR count). The van der Waals surface area contributed by atoms with Crippen molar-refractivity contribution < 1.29 is 13.9 Å². The van der Waals surface area contributed by atoms with Crippen LogP contribution in [0.4, 0.5) is 9.52 Å². The van der Waals surface area contributed by atoms with Crippen LogP contribution in [-0.2, 0) is 11.2 Å². The van der Waals surface area contributed by atoms with E-state index < -0.39 is 0 Å². The highest BCUT2D eigenvalue weighted by atomic mass is 32.1. The zero-order valence-electron chi connectivity index (χ0n) is 13.7. The Morgan fingerprint density at radius 1 is 1.16 bits per heavy atom. The molecule has 2 aromatic carbocycles. The third kappa shape index (κ3) is 4.64. The largest absolute Gasteiger partial charge is 0.484 e. The van der Waals surface area contributed by atoms with Crippen LogP contribution in [0.5, 0.6) is 5.75 Å². The lowest BCUT2D eigenvalue weighted by atomic mass is 10.2. The molecule has 0 saturated carbocycles. The van der Waals surface area contributed by atoms with Crippen LogP contribution in [0.15, 0.2) is 53.9 Å². The van der Waals surface area contributed by atoms with Crippen molar-refractivity contribution in [2.24, 2.45) is 0 Å². The molecule has 0 aliphatic carbocycles. The molecule has 0 fully saturated rings. The van der Waals surface area contributed by atoms with Gasteiger partial charge in [0.2, 0.25) is 0 Å². The average molecular weight is 356 g/mol. The van der Waals surface area contributed by atoms with Crippen LogP contribution in [0.1, 0.15) is 12.5 Å². The predicted octanol–water partition coefficient (Wildman–Crippen LogP) is 4.53. The first-order chi connectivity index (χ1) is 12.1. The van der Waals surface area contributed by atoms with Gasteiger partial charge in [-0.25, -0.2) is 9.37 Å². The quantitative estimate of drug-likeness (QED) is 0.706. The van der Waals surface area contributed by atoms with Gasteiger partial charge in [-0.05, 0) is 48.4 Å². The molecule has 0 spiro atoms. The number of carbonyl (C=O) groups is 1. The number of hydrogen-bond acceptors (Lipinski definition) is 4. The van der Waals surface area contributed by atoms with E-state index in [9.17, 15) is 9.18 Å². The highest BCUT2D eigenvalue weighted by Crippen LogP contribution is 2.25. The van der Waals surface area contributed by atoms with Crippen LogP contribution in [0.3, 0.4) is 0 Å². The Morgan fingerprint density at radius 2 is 1.88 bits per heavy atom. The minimum Gasteiger partial charge on any atom is -0.484 e. The Balaban J connectivity index is 1.55. The predicted molar refractivity (Wildman–Crippen MR) is 97.5 cm³/mol. The molecule has 0 unspecified atom stereocenters. The molecule has 0 atom stereocenters. The van der Waals surface area contributed by atoms with Gasteiger partial charge in [0.25, 0.3) is 5.91 Å². The zero-order valence-corrected chi connectivity index (χ0v) is 14.5. The number of amides is 1. The van der Waals surface area contributed by atoms with Crippen LogP contribution < -0.4 is 10.1 Å². The molecule has 1 heterocycles. The van der Waals surface area contributed by atoms with Gasteiger partial charge in [-0.2, -0.15) is 0 Å². The van der Waals surface area contributed by atoms with E-state index in [0.29, 0.717) is 16.6 Å². The van der Waals surface area contributed by atoms with Crippen molar-refractivity contribution >= 4 is 22.4 Å². The number of benzene rings is 2. The molecular formula is C19H17FN2O2S. The number of thiazole rings is 1. The molecule has 0 aliphatic rings. The molecule has 0 aliphatic heterocycles. The smallest absolute Gasteiger partial charge is 0.264 e. The summed E-state index contributed by atoms with van der Waals surface area (Å²) < 4.78 is 18.4. The second-order valence-electron chi connectivity index (χ2n) is 5.38. The van der Waals surface area contributed by atoms with Crippen LogP contribution in [0.25, 0.3) is 11.3 Å². The van der Waals surface area contributed by atoms with Crippen molar-refractivity contribution in [2.45, 2.75) is 13.3 Å². The maximum atomic E-state index is 13.0. The van der Waals surface area contributed by atoms with E-state index in [1.165, 1.54) is 29.0 Å². The van der Waals surface area contributed by atoms with Crippen LogP contribution in [0, 0.1) is 5.82 Å². The van der Waals surface area contributed by atoms with E-state index in [-0.39, 0.29) is 18.3 Å². The number of hydrogen-bond donors (Lipinski definition) is 1. The molecule has 0 saturated heterocycles. The second-order valence-corrected chi connectivity index (χ2v) is 6.24. The lowest BCUT2D eigenvalue weighted by Crippen LogP contribution is -2.20. The van der Waals surface area contributed by atoms with Crippen molar-refractivity contribution in [1.82, 2.24) is 4.98 Å². The number of rotatable bonds is 6. The molecule has 4 nitrogen and oxygen atoms in total. The monoisotopic (exact) mass is 356 g/mol. The first-order valence-electron chi connectivity index (χ1n) is 7.87. The number of nitrogens with one attached hydrogen (secondary N) is 1. The van der Waals surface area contributed by atoms with Gasteiger partial charge in [0, 0.05) is 10.9 Å². The van der Waals surface area contributed by atoms with Crippen LogP contribution >= 0.6 is 11.3 Å². The number of ether oxygens (including phenoxy) is 1. The normalized spacial score (nSPS) is 10.5. The number of aromatic nitrogens is 1. The van der Waals surface area contributed by atoms with Gasteiger partial charge in [-0.3, -0.25) is 10.1 Å². The van der Waals surface area contributed by atoms with Crippen molar-refractivity contribution in [3.63, 3.8) is 0 Å². The van der Waals surface area contributed by atoms with Gasteiger partial charge in [-0.15, -0.1) is 11.3 Å². The van der Waals surface area contributed by atoms with Gasteiger partial charge in [0.1, 0.15) is 11.6 Å². The number of carbonyl (C=O) groups excluding carboxylic acids is 1. The van der Waals surface area contributed by atoms with Gasteiger partial charge in [-0.1, -0.05) is 19.1 Å². The fourth-order valence-electron chi connectivity index (χ4n) is 2.21. The highest BCUT2D eigenvalue weighted by Gasteiger charge is 2.09. The minimum absolute atomic E-state index is 0.0864. The molecule has 3 aromatic rings. The number of anilines is 1. The van der Waals surface area contributed by atoms with Crippen LogP contribution in [-0.4, -0.2) is 17.5 Å². The first kappa shape index (κ1) is 17.1. The summed E-state index contributed by atoms with van der Waals surface area (Å²) in [5.74, 6) is 0.0784. The fourth-order valence-corrected chi connectivity index (χ4v) is 2.95. The third-order valence-electron chi connectivity index (χ3n) is 3.59. The Labute approximate surface area is 149 Å². The molecule has 0 bridgehead atoms. The summed E-state index contributed by atoms with van der Waals surface area (Å²) in [6.45, 7) is 1.99. The summed E-state index contributed by atoms with van der Waals surface area (Å²) >= 11 is 1.31. The molecule has 0 radical (unpaired) electrons. The summed E-state index contributed by atoms with van der Waals surface area (Å²) in [5.41, 5.74) is 2.70. The second kappa shape index (κ2) is 7.90. The Morgan fingerprint density at radius 3 is 2.56 bits per heavy atom. The number of nitrogens with zero attached hydrogens (tertiary/aromatic N) is 1. The van der Waals surface area contributed by atoms with Crippen molar-refractivity contribution in [2.75, 3.05) is 11.9 Å². The maximum absolute atomic E-state index is 13.0. The van der Waals surface area contributed by atoms with Crippen LogP contribution in [0.2, 0.25) is 0 Å². The Bertz CT molecular complexity index is 845. The lowest BCUT2D eigenvalue weighted by Gasteiger charge is -2.06. The van der Waals surface area contributed by atoms with Gasteiger partial charge < -0.3 is 4.74 Å². The molecule has 1 amide bonds. The van der Waals surface area contributed by atoms with Gasteiger partial charge in [0.15, 0.2) is 11.7 Å². The molecule has 25 heavy (non-hydrogen) atoms. The van der Waals surface area contributed by atoms with Gasteiger partial charge >= 0.3 is 0 Å². The van der Waals surface area contributed by atoms with E-state index >= 15 is 0 Å². The van der Waals surface area contributed by atoms with Gasteiger partial charge in [0.05, 0.1) is 5.69 Å². The zero-order chi connectivity index (χ0) is 17.6. The van der Waals surface area contributed by atoms with E-state index in [0.717, 1.165) is 12.0 Å². The summed E-state index contributed by atoms with van der Waals surface area (Å²) in [6.07, 6.45) is 0.960. The van der Waals surface area contributed by atoms with Crippen molar-refractivity contribution in [3.8, 4) is 17.0 Å². The molecular weight excluding hydrogens is 339 g/mol. The number of aryl methyl sites for hydroxylation is 1. The Kier molecular flexibility index (Phi) is 5.40. The first-order valence-corrected chi connectivity index (χ1v) is 8.75. The van der Waals surface area contributed by atoms with E-state index in [1.54, 1.807) is 12.1 Å². The minimum atomic E-state index is -0.295. The SMILES string of the molecule is CCc1ccc(OCC(=O)Nc2nc(-c3ccc(F)cc3)cs2)cc1. The highest BCUT2D eigenvalue weighted by molar-refractivity contribution is 7.14.